The number of carboxylic acids is 1. The predicted octanol–water partition coefficient (Wildman–Crippen LogP) is 2.05. The zero-order valence-electron chi connectivity index (χ0n) is 11.3. The zero-order valence-corrected chi connectivity index (χ0v) is 12.1. The summed E-state index contributed by atoms with van der Waals surface area (Å²) in [5.41, 5.74) is 1.56. The van der Waals surface area contributed by atoms with Gasteiger partial charge >= 0.3 is 5.97 Å². The summed E-state index contributed by atoms with van der Waals surface area (Å²) in [6.45, 7) is 1.71. The lowest BCUT2D eigenvalue weighted by Crippen LogP contribution is -2.42. The number of rotatable bonds is 4. The van der Waals surface area contributed by atoms with Crippen LogP contribution in [0.1, 0.15) is 18.9 Å². The van der Waals surface area contributed by atoms with E-state index in [9.17, 15) is 9.59 Å². The number of hydrogen-bond donors (Lipinski definition) is 1. The van der Waals surface area contributed by atoms with Crippen molar-refractivity contribution < 1.29 is 19.4 Å². The number of alkyl halides is 1. The zero-order chi connectivity index (χ0) is 14.9. The normalized spacial score (nSPS) is 19.2. The number of carboxylic acid groups (broad SMARTS) is 1. The van der Waals surface area contributed by atoms with Crippen molar-refractivity contribution in [3.05, 3.63) is 23.8 Å². The standard InChI is InChI=1S/C14H16ClNO4/c1-8-14(19)16(2)11-6-9(3-4-12(11)20-8)5-10(15)7-13(17)18/h3-4,6,8,10H,5,7H2,1-2H3,(H,17,18). The Labute approximate surface area is 122 Å². The molecule has 1 aromatic carbocycles. The average molecular weight is 298 g/mol. The molecule has 108 valence electrons. The average Bonchev–Trinajstić information content (AvgIpc) is 2.36. The maximum atomic E-state index is 11.9. The topological polar surface area (TPSA) is 66.8 Å². The van der Waals surface area contributed by atoms with Gasteiger partial charge in [-0.3, -0.25) is 9.59 Å². The van der Waals surface area contributed by atoms with Gasteiger partial charge in [0.15, 0.2) is 6.10 Å². The van der Waals surface area contributed by atoms with Crippen molar-refractivity contribution in [1.82, 2.24) is 0 Å². The number of carbonyl (C=O) groups excluding carboxylic acids is 1. The Balaban J connectivity index is 2.19. The van der Waals surface area contributed by atoms with Crippen LogP contribution in [0.2, 0.25) is 0 Å². The van der Waals surface area contributed by atoms with E-state index >= 15 is 0 Å². The van der Waals surface area contributed by atoms with Gasteiger partial charge in [-0.2, -0.15) is 0 Å². The number of benzene rings is 1. The van der Waals surface area contributed by atoms with E-state index in [4.69, 9.17) is 21.4 Å². The molecule has 0 bridgehead atoms. The first-order valence-electron chi connectivity index (χ1n) is 6.31. The Kier molecular flexibility index (Phi) is 4.18. The molecule has 0 saturated heterocycles. The van der Waals surface area contributed by atoms with E-state index in [1.807, 2.05) is 12.1 Å². The highest BCUT2D eigenvalue weighted by Gasteiger charge is 2.29. The fourth-order valence-corrected chi connectivity index (χ4v) is 2.51. The summed E-state index contributed by atoms with van der Waals surface area (Å²) in [5.74, 6) is -0.386. The van der Waals surface area contributed by atoms with Crippen molar-refractivity contribution in [3.8, 4) is 5.75 Å². The molecule has 1 heterocycles. The highest BCUT2D eigenvalue weighted by molar-refractivity contribution is 6.21. The number of aliphatic carboxylic acids is 1. The van der Waals surface area contributed by atoms with Gasteiger partial charge in [-0.15, -0.1) is 11.6 Å². The van der Waals surface area contributed by atoms with Crippen molar-refractivity contribution in [3.63, 3.8) is 0 Å². The van der Waals surface area contributed by atoms with Gasteiger partial charge in [0.05, 0.1) is 12.1 Å². The second kappa shape index (κ2) is 5.71. The van der Waals surface area contributed by atoms with Crippen LogP contribution in [0, 0.1) is 0 Å². The second-order valence-electron chi connectivity index (χ2n) is 4.86. The molecule has 20 heavy (non-hydrogen) atoms. The van der Waals surface area contributed by atoms with Crippen LogP contribution in [-0.2, 0) is 16.0 Å². The first-order valence-corrected chi connectivity index (χ1v) is 6.75. The Morgan fingerprint density at radius 3 is 2.90 bits per heavy atom. The molecule has 5 nitrogen and oxygen atoms in total. The van der Waals surface area contributed by atoms with E-state index in [2.05, 4.69) is 0 Å². The molecule has 0 radical (unpaired) electrons. The second-order valence-corrected chi connectivity index (χ2v) is 5.48. The minimum atomic E-state index is -0.924. The summed E-state index contributed by atoms with van der Waals surface area (Å²) in [6, 6.07) is 5.44. The van der Waals surface area contributed by atoms with Gasteiger partial charge in [0.25, 0.3) is 5.91 Å². The van der Waals surface area contributed by atoms with E-state index in [-0.39, 0.29) is 12.3 Å². The van der Waals surface area contributed by atoms with Crippen molar-refractivity contribution >= 4 is 29.2 Å². The third kappa shape index (κ3) is 3.04. The Bertz CT molecular complexity index is 546. The highest BCUT2D eigenvalue weighted by Crippen LogP contribution is 2.34. The van der Waals surface area contributed by atoms with Crippen LogP contribution < -0.4 is 9.64 Å². The molecule has 2 atom stereocenters. The maximum Gasteiger partial charge on any atom is 0.304 e. The number of amides is 1. The molecule has 0 saturated carbocycles. The first kappa shape index (κ1) is 14.7. The molecule has 1 aliphatic heterocycles. The largest absolute Gasteiger partial charge is 0.481 e. The van der Waals surface area contributed by atoms with Crippen molar-refractivity contribution in [2.45, 2.75) is 31.2 Å². The number of ether oxygens (including phenoxy) is 1. The Hall–Kier alpha value is -1.75. The molecular weight excluding hydrogens is 282 g/mol. The van der Waals surface area contributed by atoms with Gasteiger partial charge in [-0.05, 0) is 31.0 Å². The van der Waals surface area contributed by atoms with Crippen molar-refractivity contribution in [2.24, 2.45) is 0 Å². The lowest BCUT2D eigenvalue weighted by atomic mass is 10.1. The molecule has 0 spiro atoms. The van der Waals surface area contributed by atoms with E-state index in [1.165, 1.54) is 0 Å². The maximum absolute atomic E-state index is 11.9. The van der Waals surface area contributed by atoms with Crippen LogP contribution in [0.5, 0.6) is 5.75 Å². The van der Waals surface area contributed by atoms with Crippen LogP contribution in [0.15, 0.2) is 18.2 Å². The molecule has 2 rings (SSSR count). The van der Waals surface area contributed by atoms with Crippen LogP contribution in [0.4, 0.5) is 5.69 Å². The van der Waals surface area contributed by atoms with E-state index < -0.39 is 17.5 Å². The van der Waals surface area contributed by atoms with Crippen LogP contribution in [0.3, 0.4) is 0 Å². The van der Waals surface area contributed by atoms with Gasteiger partial charge in [0, 0.05) is 12.4 Å². The smallest absolute Gasteiger partial charge is 0.304 e. The molecule has 0 fully saturated rings. The van der Waals surface area contributed by atoms with Gasteiger partial charge < -0.3 is 14.7 Å². The number of carbonyl (C=O) groups is 2. The van der Waals surface area contributed by atoms with Crippen molar-refractivity contribution in [2.75, 3.05) is 11.9 Å². The van der Waals surface area contributed by atoms with E-state index in [0.717, 1.165) is 5.56 Å². The van der Waals surface area contributed by atoms with Gasteiger partial charge in [-0.1, -0.05) is 6.07 Å². The first-order chi connectivity index (χ1) is 9.38. The summed E-state index contributed by atoms with van der Waals surface area (Å²) < 4.78 is 5.52. The molecule has 0 aliphatic carbocycles. The molecule has 6 heteroatoms. The van der Waals surface area contributed by atoms with E-state index in [1.54, 1.807) is 24.9 Å². The molecule has 1 aliphatic rings. The Morgan fingerprint density at radius 1 is 1.55 bits per heavy atom. The monoisotopic (exact) mass is 297 g/mol. The summed E-state index contributed by atoms with van der Waals surface area (Å²) in [4.78, 5) is 24.0. The summed E-state index contributed by atoms with van der Waals surface area (Å²) in [6.07, 6.45) is -0.161. The summed E-state index contributed by atoms with van der Waals surface area (Å²) >= 11 is 5.99. The quantitative estimate of drug-likeness (QED) is 0.864. The molecule has 2 unspecified atom stereocenters. The van der Waals surface area contributed by atoms with Crippen molar-refractivity contribution in [1.29, 1.82) is 0 Å². The number of halogens is 1. The SMILES string of the molecule is CC1Oc2ccc(CC(Cl)CC(=O)O)cc2N(C)C1=O. The molecule has 1 N–H and O–H groups in total. The molecule has 1 amide bonds. The third-order valence-corrected chi connectivity index (χ3v) is 3.53. The molecular formula is C14H16ClNO4. The van der Waals surface area contributed by atoms with Crippen LogP contribution in [0.25, 0.3) is 0 Å². The van der Waals surface area contributed by atoms with Gasteiger partial charge in [0.2, 0.25) is 0 Å². The fourth-order valence-electron chi connectivity index (χ4n) is 2.20. The number of likely N-dealkylation sites (N-methyl/N-ethyl adjacent to an activating group) is 1. The summed E-state index contributed by atoms with van der Waals surface area (Å²) in [5, 5.41) is 8.23. The number of fused-ring (bicyclic) bond motifs is 1. The van der Waals surface area contributed by atoms with Crippen LogP contribution >= 0.6 is 11.6 Å². The molecule has 0 aromatic heterocycles. The number of anilines is 1. The molecule has 1 aromatic rings. The lowest BCUT2D eigenvalue weighted by molar-refractivity contribution is -0.137. The Morgan fingerprint density at radius 2 is 2.25 bits per heavy atom. The lowest BCUT2D eigenvalue weighted by Gasteiger charge is -2.30. The third-order valence-electron chi connectivity index (χ3n) is 3.22. The van der Waals surface area contributed by atoms with E-state index in [0.29, 0.717) is 17.9 Å². The van der Waals surface area contributed by atoms with Gasteiger partial charge in [0.1, 0.15) is 5.75 Å². The fraction of sp³-hybridized carbons (Fsp3) is 0.429. The minimum absolute atomic E-state index is 0.0963. The highest BCUT2D eigenvalue weighted by atomic mass is 35.5. The number of hydrogen-bond acceptors (Lipinski definition) is 3. The predicted molar refractivity (Wildman–Crippen MR) is 75.5 cm³/mol. The minimum Gasteiger partial charge on any atom is -0.481 e. The van der Waals surface area contributed by atoms with Gasteiger partial charge in [-0.25, -0.2) is 0 Å². The number of nitrogens with zero attached hydrogens (tertiary/aromatic N) is 1. The van der Waals surface area contributed by atoms with Crippen LogP contribution in [-0.4, -0.2) is 35.5 Å². The summed E-state index contributed by atoms with van der Waals surface area (Å²) in [7, 11) is 1.69.